The van der Waals surface area contributed by atoms with Crippen LogP contribution < -0.4 is 11.4 Å². The Morgan fingerprint density at radius 3 is 2.94 bits per heavy atom. The number of nitrogens with one attached hydrogen (secondary N) is 2. The van der Waals surface area contributed by atoms with Crippen molar-refractivity contribution in [2.24, 2.45) is 5.73 Å². The molecule has 18 heavy (non-hydrogen) atoms. The van der Waals surface area contributed by atoms with Gasteiger partial charge in [-0.25, -0.2) is 9.89 Å². The van der Waals surface area contributed by atoms with Crippen LogP contribution in [0.15, 0.2) is 33.2 Å². The minimum Gasteiger partial charge on any atom is -0.382 e. The summed E-state index contributed by atoms with van der Waals surface area (Å²) in [6.07, 6.45) is 1.60. The first kappa shape index (κ1) is 12.4. The molecule has 0 amide bonds. The number of nitrogens with zero attached hydrogens (tertiary/aromatic N) is 3. The lowest BCUT2D eigenvalue weighted by Crippen LogP contribution is -2.16. The zero-order valence-corrected chi connectivity index (χ0v) is 10.5. The number of aromatic nitrogens is 4. The third kappa shape index (κ3) is 2.43. The fourth-order valence-electron chi connectivity index (χ4n) is 1.37. The summed E-state index contributed by atoms with van der Waals surface area (Å²) >= 11 is 1.33. The van der Waals surface area contributed by atoms with E-state index in [-0.39, 0.29) is 11.5 Å². The molecule has 0 aliphatic carbocycles. The number of aromatic amines is 1. The molecule has 7 nitrogen and oxygen atoms in total. The van der Waals surface area contributed by atoms with E-state index < -0.39 is 0 Å². The van der Waals surface area contributed by atoms with Gasteiger partial charge in [0.15, 0.2) is 5.16 Å². The van der Waals surface area contributed by atoms with E-state index >= 15 is 0 Å². The number of H-pyrrole nitrogens is 1. The maximum atomic E-state index is 11.4. The van der Waals surface area contributed by atoms with Gasteiger partial charge in [0.25, 0.3) is 0 Å². The molecule has 0 radical (unpaired) electrons. The van der Waals surface area contributed by atoms with Crippen molar-refractivity contribution in [2.75, 3.05) is 0 Å². The Labute approximate surface area is 107 Å². The van der Waals surface area contributed by atoms with Crippen molar-refractivity contribution in [1.82, 2.24) is 19.7 Å². The van der Waals surface area contributed by atoms with Crippen LogP contribution in [0.5, 0.6) is 0 Å². The smallest absolute Gasteiger partial charge is 0.343 e. The van der Waals surface area contributed by atoms with Gasteiger partial charge in [-0.2, -0.15) is 0 Å². The molecule has 0 atom stereocenters. The van der Waals surface area contributed by atoms with Crippen LogP contribution in [0.3, 0.4) is 0 Å². The summed E-state index contributed by atoms with van der Waals surface area (Å²) in [5.41, 5.74) is 5.51. The van der Waals surface area contributed by atoms with Crippen molar-refractivity contribution in [3.05, 3.63) is 34.5 Å². The number of rotatable bonds is 4. The van der Waals surface area contributed by atoms with E-state index in [0.29, 0.717) is 17.4 Å². The van der Waals surface area contributed by atoms with Crippen molar-refractivity contribution >= 4 is 17.6 Å². The molecule has 0 aromatic carbocycles. The van der Waals surface area contributed by atoms with Gasteiger partial charge in [-0.1, -0.05) is 0 Å². The highest BCUT2D eigenvalue weighted by atomic mass is 32.2. The van der Waals surface area contributed by atoms with Gasteiger partial charge in [-0.15, -0.1) is 5.10 Å². The lowest BCUT2D eigenvalue weighted by molar-refractivity contribution is 0.660. The highest BCUT2D eigenvalue weighted by Crippen LogP contribution is 2.23. The Hall–Kier alpha value is -2.09. The summed E-state index contributed by atoms with van der Waals surface area (Å²) in [4.78, 5) is 16.2. The normalized spacial score (nSPS) is 10.5. The first-order valence-electron chi connectivity index (χ1n) is 5.25. The molecule has 0 spiro atoms. The third-order valence-electron chi connectivity index (χ3n) is 2.26. The summed E-state index contributed by atoms with van der Waals surface area (Å²) in [5, 5.41) is 14.2. The van der Waals surface area contributed by atoms with Crippen LogP contribution in [0.2, 0.25) is 0 Å². The number of amidine groups is 1. The monoisotopic (exact) mass is 264 g/mol. The van der Waals surface area contributed by atoms with Crippen molar-refractivity contribution in [3.8, 4) is 0 Å². The molecule has 94 valence electrons. The Kier molecular flexibility index (Phi) is 3.47. The van der Waals surface area contributed by atoms with Crippen LogP contribution in [-0.2, 0) is 6.54 Å². The lowest BCUT2D eigenvalue weighted by Gasteiger charge is -2.02. The van der Waals surface area contributed by atoms with Gasteiger partial charge >= 0.3 is 5.69 Å². The van der Waals surface area contributed by atoms with E-state index in [1.807, 2.05) is 6.92 Å². The average Bonchev–Trinajstić information content (AvgIpc) is 2.70. The van der Waals surface area contributed by atoms with Gasteiger partial charge in [0.1, 0.15) is 11.5 Å². The van der Waals surface area contributed by atoms with Gasteiger partial charge in [-0.3, -0.25) is 15.0 Å². The van der Waals surface area contributed by atoms with Crippen LogP contribution in [0, 0.1) is 5.41 Å². The Morgan fingerprint density at radius 2 is 2.39 bits per heavy atom. The molecule has 8 heteroatoms. The number of hydrogen-bond donors (Lipinski definition) is 3. The maximum Gasteiger partial charge on any atom is 0.343 e. The predicted molar refractivity (Wildman–Crippen MR) is 67.9 cm³/mol. The average molecular weight is 264 g/mol. The van der Waals surface area contributed by atoms with E-state index in [2.05, 4.69) is 15.2 Å². The number of nitrogens with two attached hydrogens (primary N) is 1. The summed E-state index contributed by atoms with van der Waals surface area (Å²) < 4.78 is 1.53. The topological polar surface area (TPSA) is 113 Å². The molecule has 0 fully saturated rings. The molecule has 2 rings (SSSR count). The minimum atomic E-state index is -0.228. The van der Waals surface area contributed by atoms with Gasteiger partial charge in [0.05, 0.1) is 0 Å². The van der Waals surface area contributed by atoms with Crippen LogP contribution in [0.1, 0.15) is 12.6 Å². The number of nitrogen functional groups attached to an aromatic ring is 1. The summed E-state index contributed by atoms with van der Waals surface area (Å²) in [6.45, 7) is 2.43. The lowest BCUT2D eigenvalue weighted by atomic mass is 10.3. The van der Waals surface area contributed by atoms with E-state index in [9.17, 15) is 4.79 Å². The second-order valence-electron chi connectivity index (χ2n) is 3.45. The van der Waals surface area contributed by atoms with Crippen LogP contribution >= 0.6 is 11.8 Å². The highest BCUT2D eigenvalue weighted by Gasteiger charge is 2.08. The standard InChI is InChI=1S/C10H12N6OS/c1-2-16-9(17)14-15-10(16)18-6-3-4-7(8(11)12)13-5-6/h3-5H,2H2,1H3,(H3,11,12)(H,14,17). The zero-order chi connectivity index (χ0) is 13.1. The fourth-order valence-corrected chi connectivity index (χ4v) is 2.23. The highest BCUT2D eigenvalue weighted by molar-refractivity contribution is 7.99. The molecule has 0 saturated carbocycles. The molecule has 2 aromatic heterocycles. The molecular weight excluding hydrogens is 252 g/mol. The largest absolute Gasteiger partial charge is 0.382 e. The Morgan fingerprint density at radius 1 is 1.61 bits per heavy atom. The Balaban J connectivity index is 2.23. The van der Waals surface area contributed by atoms with Gasteiger partial charge in [0, 0.05) is 17.6 Å². The van der Waals surface area contributed by atoms with Gasteiger partial charge < -0.3 is 5.73 Å². The van der Waals surface area contributed by atoms with Crippen molar-refractivity contribution in [3.63, 3.8) is 0 Å². The molecule has 0 unspecified atom stereocenters. The molecule has 2 heterocycles. The second-order valence-corrected chi connectivity index (χ2v) is 4.49. The van der Waals surface area contributed by atoms with Crippen LogP contribution in [-0.4, -0.2) is 25.6 Å². The fraction of sp³-hybridized carbons (Fsp3) is 0.200. The molecule has 2 aromatic rings. The summed E-state index contributed by atoms with van der Waals surface area (Å²) in [6, 6.07) is 3.44. The zero-order valence-electron chi connectivity index (χ0n) is 9.67. The van der Waals surface area contributed by atoms with Gasteiger partial charge in [0.2, 0.25) is 0 Å². The first-order chi connectivity index (χ1) is 8.61. The molecule has 0 aliphatic rings. The molecule has 4 N–H and O–H groups in total. The van der Waals surface area contributed by atoms with Crippen molar-refractivity contribution < 1.29 is 0 Å². The van der Waals surface area contributed by atoms with E-state index in [1.54, 1.807) is 18.3 Å². The second kappa shape index (κ2) is 5.05. The molecule has 0 aliphatic heterocycles. The predicted octanol–water partition coefficient (Wildman–Crippen LogP) is 0.422. The van der Waals surface area contributed by atoms with Crippen LogP contribution in [0.25, 0.3) is 0 Å². The first-order valence-corrected chi connectivity index (χ1v) is 6.07. The van der Waals surface area contributed by atoms with Crippen molar-refractivity contribution in [1.29, 1.82) is 5.41 Å². The number of hydrogen-bond acceptors (Lipinski definition) is 5. The van der Waals surface area contributed by atoms with Crippen molar-refractivity contribution in [2.45, 2.75) is 23.5 Å². The van der Waals surface area contributed by atoms with E-state index in [1.165, 1.54) is 16.3 Å². The maximum absolute atomic E-state index is 11.4. The van der Waals surface area contributed by atoms with E-state index in [0.717, 1.165) is 4.90 Å². The van der Waals surface area contributed by atoms with E-state index in [4.69, 9.17) is 11.1 Å². The quantitative estimate of drug-likeness (QED) is 0.547. The number of pyridine rings is 1. The Bertz CT molecular complexity index is 614. The minimum absolute atomic E-state index is 0.0724. The molecule has 0 saturated heterocycles. The summed E-state index contributed by atoms with van der Waals surface area (Å²) in [5.74, 6) is -0.0724. The molecular formula is C10H12N6OS. The van der Waals surface area contributed by atoms with Crippen LogP contribution in [0.4, 0.5) is 0 Å². The molecule has 0 bridgehead atoms. The third-order valence-corrected chi connectivity index (χ3v) is 3.23. The summed E-state index contributed by atoms with van der Waals surface area (Å²) in [7, 11) is 0. The van der Waals surface area contributed by atoms with Gasteiger partial charge in [-0.05, 0) is 30.8 Å². The SMILES string of the molecule is CCn1c(Sc2ccc(C(=N)N)nc2)n[nH]c1=O.